The van der Waals surface area contributed by atoms with Crippen LogP contribution in [0.1, 0.15) is 25.7 Å². The van der Waals surface area contributed by atoms with Crippen molar-refractivity contribution in [1.29, 1.82) is 0 Å². The molecule has 7 nitrogen and oxygen atoms in total. The fourth-order valence-corrected chi connectivity index (χ4v) is 5.09. The van der Waals surface area contributed by atoms with Crippen LogP contribution in [-0.2, 0) is 14.8 Å². The van der Waals surface area contributed by atoms with Crippen molar-refractivity contribution in [2.24, 2.45) is 11.8 Å². The van der Waals surface area contributed by atoms with Crippen LogP contribution in [-0.4, -0.2) is 40.0 Å². The summed E-state index contributed by atoms with van der Waals surface area (Å²) < 4.78 is 36.1. The molecule has 8 heteroatoms. The van der Waals surface area contributed by atoms with E-state index in [1.54, 1.807) is 18.2 Å². The molecule has 2 aliphatic carbocycles. The van der Waals surface area contributed by atoms with E-state index in [2.05, 4.69) is 5.32 Å². The summed E-state index contributed by atoms with van der Waals surface area (Å²) in [4.78, 5) is 12.5. The number of sulfonamides is 1. The molecular weight excluding hydrogens is 344 g/mol. The SMILES string of the molecule is CS(=O)(=O)N(CC(=O)N[C@@H]1C[C@H]2CC[C@H]1C2)c1ccc2c(c1)OCO2. The number of hydrogen-bond acceptors (Lipinski definition) is 5. The molecule has 0 unspecified atom stereocenters. The van der Waals surface area contributed by atoms with E-state index in [9.17, 15) is 13.2 Å². The van der Waals surface area contributed by atoms with E-state index in [1.807, 2.05) is 0 Å². The Labute approximate surface area is 147 Å². The third-order valence-electron chi connectivity index (χ3n) is 5.42. The number of anilines is 1. The zero-order valence-electron chi connectivity index (χ0n) is 14.1. The van der Waals surface area contributed by atoms with Gasteiger partial charge in [0.15, 0.2) is 11.5 Å². The Kier molecular flexibility index (Phi) is 4.02. The first-order chi connectivity index (χ1) is 11.9. The fourth-order valence-electron chi connectivity index (χ4n) is 4.24. The molecular formula is C17H22N2O5S. The number of fused-ring (bicyclic) bond motifs is 3. The van der Waals surface area contributed by atoms with E-state index in [1.165, 1.54) is 12.8 Å². The minimum absolute atomic E-state index is 0.113. The van der Waals surface area contributed by atoms with Crippen LogP contribution in [0.3, 0.4) is 0 Å². The second-order valence-electron chi connectivity index (χ2n) is 7.16. The van der Waals surface area contributed by atoms with Gasteiger partial charge in [-0.2, -0.15) is 0 Å². The quantitative estimate of drug-likeness (QED) is 0.853. The molecule has 2 saturated carbocycles. The lowest BCUT2D eigenvalue weighted by molar-refractivity contribution is -0.120. The van der Waals surface area contributed by atoms with Crippen LogP contribution in [0, 0.1) is 11.8 Å². The van der Waals surface area contributed by atoms with Crippen molar-refractivity contribution in [3.8, 4) is 11.5 Å². The van der Waals surface area contributed by atoms with Crippen LogP contribution in [0.2, 0.25) is 0 Å². The van der Waals surface area contributed by atoms with Gasteiger partial charge in [-0.3, -0.25) is 9.10 Å². The first kappa shape index (κ1) is 16.5. The lowest BCUT2D eigenvalue weighted by Gasteiger charge is -2.26. The number of benzene rings is 1. The molecule has 0 spiro atoms. The van der Waals surface area contributed by atoms with Crippen molar-refractivity contribution in [3.05, 3.63) is 18.2 Å². The minimum atomic E-state index is -3.60. The Balaban J connectivity index is 1.49. The van der Waals surface area contributed by atoms with Gasteiger partial charge in [0.05, 0.1) is 11.9 Å². The minimum Gasteiger partial charge on any atom is -0.454 e. The molecule has 25 heavy (non-hydrogen) atoms. The average Bonchev–Trinajstić information content (AvgIpc) is 3.26. The summed E-state index contributed by atoms with van der Waals surface area (Å²) in [6.07, 6.45) is 5.71. The monoisotopic (exact) mass is 366 g/mol. The van der Waals surface area contributed by atoms with Crippen molar-refractivity contribution in [1.82, 2.24) is 5.32 Å². The maximum atomic E-state index is 12.5. The number of carbonyl (C=O) groups is 1. The number of carbonyl (C=O) groups excluding carboxylic acids is 1. The third kappa shape index (κ3) is 3.27. The summed E-state index contributed by atoms with van der Waals surface area (Å²) >= 11 is 0. The lowest BCUT2D eigenvalue weighted by atomic mass is 9.95. The Hall–Kier alpha value is -1.96. The number of ether oxygens (including phenoxy) is 2. The third-order valence-corrected chi connectivity index (χ3v) is 6.56. The van der Waals surface area contributed by atoms with Crippen LogP contribution in [0.25, 0.3) is 0 Å². The van der Waals surface area contributed by atoms with Gasteiger partial charge in [0.25, 0.3) is 0 Å². The van der Waals surface area contributed by atoms with E-state index in [0.717, 1.165) is 29.3 Å². The van der Waals surface area contributed by atoms with Gasteiger partial charge in [0.1, 0.15) is 6.54 Å². The van der Waals surface area contributed by atoms with Gasteiger partial charge >= 0.3 is 0 Å². The van der Waals surface area contributed by atoms with Crippen LogP contribution in [0.4, 0.5) is 5.69 Å². The average molecular weight is 366 g/mol. The van der Waals surface area contributed by atoms with Gasteiger partial charge < -0.3 is 14.8 Å². The molecule has 3 aliphatic rings. The smallest absolute Gasteiger partial charge is 0.241 e. The van der Waals surface area contributed by atoms with Gasteiger partial charge in [0.2, 0.25) is 22.7 Å². The molecule has 0 saturated heterocycles. The van der Waals surface area contributed by atoms with E-state index >= 15 is 0 Å². The molecule has 0 radical (unpaired) electrons. The molecule has 1 aromatic rings. The summed E-state index contributed by atoms with van der Waals surface area (Å²) in [5.41, 5.74) is 0.398. The van der Waals surface area contributed by atoms with Gasteiger partial charge in [-0.25, -0.2) is 8.42 Å². The van der Waals surface area contributed by atoms with E-state index in [-0.39, 0.29) is 25.3 Å². The van der Waals surface area contributed by atoms with E-state index in [0.29, 0.717) is 23.1 Å². The first-order valence-electron chi connectivity index (χ1n) is 8.57. The number of nitrogens with zero attached hydrogens (tertiary/aromatic N) is 1. The molecule has 2 bridgehead atoms. The summed E-state index contributed by atoms with van der Waals surface area (Å²) in [6.45, 7) is -0.116. The summed E-state index contributed by atoms with van der Waals surface area (Å²) in [6, 6.07) is 5.06. The van der Waals surface area contributed by atoms with Crippen molar-refractivity contribution in [3.63, 3.8) is 0 Å². The van der Waals surface area contributed by atoms with Crippen molar-refractivity contribution in [2.75, 3.05) is 23.9 Å². The lowest BCUT2D eigenvalue weighted by Crippen LogP contribution is -2.45. The number of rotatable bonds is 5. The molecule has 1 amide bonds. The van der Waals surface area contributed by atoms with E-state index in [4.69, 9.17) is 9.47 Å². The Morgan fingerprint density at radius 1 is 1.24 bits per heavy atom. The van der Waals surface area contributed by atoms with Crippen LogP contribution < -0.4 is 19.1 Å². The van der Waals surface area contributed by atoms with Gasteiger partial charge in [-0.15, -0.1) is 0 Å². The highest BCUT2D eigenvalue weighted by Gasteiger charge is 2.40. The van der Waals surface area contributed by atoms with Crippen LogP contribution in [0.5, 0.6) is 11.5 Å². The molecule has 4 rings (SSSR count). The highest BCUT2D eigenvalue weighted by molar-refractivity contribution is 7.92. The van der Waals surface area contributed by atoms with Gasteiger partial charge in [-0.1, -0.05) is 6.42 Å². The molecule has 0 aromatic heterocycles. The first-order valence-corrected chi connectivity index (χ1v) is 10.4. The zero-order chi connectivity index (χ0) is 17.6. The van der Waals surface area contributed by atoms with Crippen molar-refractivity contribution >= 4 is 21.6 Å². The standard InChI is InChI=1S/C17H22N2O5S/c1-25(21,22)19(13-4-5-15-16(8-13)24-10-23-15)9-17(20)18-14-7-11-2-3-12(14)6-11/h4-5,8,11-12,14H,2-3,6-7,9-10H2,1H3,(H,18,20)/t11-,12-,14+/m0/s1. The highest BCUT2D eigenvalue weighted by Crippen LogP contribution is 2.44. The molecule has 3 atom stereocenters. The van der Waals surface area contributed by atoms with Crippen LogP contribution in [0.15, 0.2) is 18.2 Å². The Morgan fingerprint density at radius 3 is 2.72 bits per heavy atom. The van der Waals surface area contributed by atoms with Gasteiger partial charge in [0, 0.05) is 12.1 Å². The molecule has 1 heterocycles. The number of hydrogen-bond donors (Lipinski definition) is 1. The van der Waals surface area contributed by atoms with E-state index < -0.39 is 10.0 Å². The molecule has 2 fully saturated rings. The summed E-state index contributed by atoms with van der Waals surface area (Å²) in [5.74, 6) is 2.06. The van der Waals surface area contributed by atoms with Gasteiger partial charge in [-0.05, 0) is 43.2 Å². The van der Waals surface area contributed by atoms with Crippen molar-refractivity contribution < 1.29 is 22.7 Å². The second kappa shape index (κ2) is 6.09. The maximum Gasteiger partial charge on any atom is 0.241 e. The number of nitrogens with one attached hydrogen (secondary N) is 1. The topological polar surface area (TPSA) is 84.9 Å². The Morgan fingerprint density at radius 2 is 2.04 bits per heavy atom. The second-order valence-corrected chi connectivity index (χ2v) is 9.06. The maximum absolute atomic E-state index is 12.5. The molecule has 1 aliphatic heterocycles. The highest BCUT2D eigenvalue weighted by atomic mass is 32.2. The Bertz CT molecular complexity index is 794. The summed E-state index contributed by atoms with van der Waals surface area (Å²) in [7, 11) is -3.60. The largest absolute Gasteiger partial charge is 0.454 e. The molecule has 136 valence electrons. The predicted molar refractivity (Wildman–Crippen MR) is 92.1 cm³/mol. The zero-order valence-corrected chi connectivity index (χ0v) is 14.9. The fraction of sp³-hybridized carbons (Fsp3) is 0.588. The molecule has 1 N–H and O–H groups in total. The summed E-state index contributed by atoms with van der Waals surface area (Å²) in [5, 5.41) is 3.03. The molecule has 1 aromatic carbocycles. The normalized spacial score (nSPS) is 26.7. The number of amides is 1. The van der Waals surface area contributed by atoms with Crippen LogP contribution >= 0.6 is 0 Å². The van der Waals surface area contributed by atoms with Crippen molar-refractivity contribution in [2.45, 2.75) is 31.7 Å². The predicted octanol–water partition coefficient (Wildman–Crippen LogP) is 1.49.